The molecule has 0 aromatic carbocycles. The first-order valence-electron chi connectivity index (χ1n) is 15.4. The number of carboxylic acids is 1. The molecule has 0 aliphatic carbocycles. The van der Waals surface area contributed by atoms with E-state index in [1.807, 2.05) is 19.1 Å². The van der Waals surface area contributed by atoms with Crippen LogP contribution in [0.15, 0.2) is 28.0 Å². The maximum Gasteiger partial charge on any atom is 0.303 e. The van der Waals surface area contributed by atoms with E-state index >= 15 is 0 Å². The summed E-state index contributed by atoms with van der Waals surface area (Å²) in [5.41, 5.74) is 1.62. The lowest BCUT2D eigenvalue weighted by Crippen LogP contribution is -2.37. The van der Waals surface area contributed by atoms with E-state index in [1.165, 1.54) is 16.2 Å². The number of anilines is 1. The molecule has 4 heterocycles. The molecule has 2 aliphatic heterocycles. The highest BCUT2D eigenvalue weighted by Crippen LogP contribution is 2.33. The molecule has 10 nitrogen and oxygen atoms in total. The number of carbonyl (C=O) groups is 2. The summed E-state index contributed by atoms with van der Waals surface area (Å²) in [4.78, 5) is 46.9. The van der Waals surface area contributed by atoms with E-state index in [1.54, 1.807) is 17.2 Å². The molecule has 0 spiro atoms. The van der Waals surface area contributed by atoms with Gasteiger partial charge in [0.1, 0.15) is 15.8 Å². The molecule has 0 saturated carbocycles. The summed E-state index contributed by atoms with van der Waals surface area (Å²) < 4.78 is 7.48. The van der Waals surface area contributed by atoms with Crippen molar-refractivity contribution in [2.75, 3.05) is 51.3 Å². The summed E-state index contributed by atoms with van der Waals surface area (Å²) in [6, 6.07) is 3.75. The zero-order valence-corrected chi connectivity index (χ0v) is 26.6. The Morgan fingerprint density at radius 3 is 2.49 bits per heavy atom. The number of rotatable bonds is 17. The van der Waals surface area contributed by atoms with E-state index in [2.05, 4.69) is 10.2 Å². The Balaban J connectivity index is 1.36. The number of aliphatic carboxylic acids is 1. The zero-order valence-electron chi connectivity index (χ0n) is 25.0. The summed E-state index contributed by atoms with van der Waals surface area (Å²) in [7, 11) is 0. The number of carboxylic acid groups (broad SMARTS) is 1. The fraction of sp³-hybridized carbons (Fsp3) is 0.581. The Morgan fingerprint density at radius 1 is 1.07 bits per heavy atom. The number of pyridine rings is 1. The van der Waals surface area contributed by atoms with Crippen LogP contribution in [-0.4, -0.2) is 86.4 Å². The van der Waals surface area contributed by atoms with Gasteiger partial charge in [-0.15, -0.1) is 0 Å². The van der Waals surface area contributed by atoms with Crippen LogP contribution in [0.5, 0.6) is 0 Å². The van der Waals surface area contributed by atoms with Gasteiger partial charge in [0.25, 0.3) is 11.5 Å². The first kappa shape index (κ1) is 33.1. The quantitative estimate of drug-likeness (QED) is 0.142. The number of thioether (sulfide) groups is 1. The van der Waals surface area contributed by atoms with Crippen LogP contribution in [0.25, 0.3) is 11.7 Å². The fourth-order valence-corrected chi connectivity index (χ4v) is 6.63. The van der Waals surface area contributed by atoms with Crippen LogP contribution < -0.4 is 10.9 Å². The molecule has 12 heteroatoms. The standard InChI is InChI=1S/C31H43N5O5S2/c1-23-12-10-17-35-28(23)33-27(32-14-11-15-34-18-20-41-21-19-34)24(29(35)39)22-25-30(40)36(31(42)43-25)16-9-7-5-3-2-4-6-8-13-26(37)38/h10,12,17,22,32H,2-9,11,13-16,18-21H2,1H3,(H,37,38). The molecule has 0 atom stereocenters. The Labute approximate surface area is 262 Å². The summed E-state index contributed by atoms with van der Waals surface area (Å²) in [6.07, 6.45) is 12.4. The highest BCUT2D eigenvalue weighted by Gasteiger charge is 2.32. The van der Waals surface area contributed by atoms with E-state index in [4.69, 9.17) is 27.0 Å². The van der Waals surface area contributed by atoms with Crippen LogP contribution in [-0.2, 0) is 14.3 Å². The number of ether oxygens (including phenoxy) is 1. The number of hydrogen-bond acceptors (Lipinski definition) is 9. The normalized spacial score (nSPS) is 17.0. The Kier molecular flexibility index (Phi) is 13.0. The third-order valence-corrected chi connectivity index (χ3v) is 9.18. The molecule has 2 aromatic heterocycles. The number of nitrogens with one attached hydrogen (secondary N) is 1. The van der Waals surface area contributed by atoms with Crippen LogP contribution >= 0.6 is 24.0 Å². The molecule has 43 heavy (non-hydrogen) atoms. The molecule has 234 valence electrons. The van der Waals surface area contributed by atoms with Crippen molar-refractivity contribution in [3.63, 3.8) is 0 Å². The molecule has 1 amide bonds. The van der Waals surface area contributed by atoms with Gasteiger partial charge >= 0.3 is 5.97 Å². The Bertz CT molecular complexity index is 1370. The smallest absolute Gasteiger partial charge is 0.303 e. The summed E-state index contributed by atoms with van der Waals surface area (Å²) >= 11 is 6.79. The van der Waals surface area contributed by atoms with Crippen molar-refractivity contribution in [1.29, 1.82) is 0 Å². The molecular formula is C31H43N5O5S2. The number of morpholine rings is 1. The molecule has 2 aliphatic rings. The Morgan fingerprint density at radius 2 is 1.77 bits per heavy atom. The van der Waals surface area contributed by atoms with Gasteiger partial charge in [-0.2, -0.15) is 0 Å². The number of nitrogens with zero attached hydrogens (tertiary/aromatic N) is 4. The van der Waals surface area contributed by atoms with Crippen LogP contribution in [0.4, 0.5) is 5.82 Å². The maximum absolute atomic E-state index is 13.6. The van der Waals surface area contributed by atoms with Crippen LogP contribution in [0.2, 0.25) is 0 Å². The van der Waals surface area contributed by atoms with Crippen molar-refractivity contribution in [2.24, 2.45) is 0 Å². The highest BCUT2D eigenvalue weighted by molar-refractivity contribution is 8.26. The van der Waals surface area contributed by atoms with Gasteiger partial charge in [-0.25, -0.2) is 4.98 Å². The van der Waals surface area contributed by atoms with Crippen molar-refractivity contribution >= 4 is 57.7 Å². The van der Waals surface area contributed by atoms with Gasteiger partial charge in [-0.3, -0.25) is 28.6 Å². The van der Waals surface area contributed by atoms with Crippen LogP contribution in [0.1, 0.15) is 75.3 Å². The average Bonchev–Trinajstić information content (AvgIpc) is 3.26. The van der Waals surface area contributed by atoms with E-state index in [0.29, 0.717) is 39.3 Å². The van der Waals surface area contributed by atoms with Crippen LogP contribution in [0.3, 0.4) is 0 Å². The summed E-state index contributed by atoms with van der Waals surface area (Å²) in [5.74, 6) is -0.413. The number of unbranched alkanes of at least 4 members (excludes halogenated alkanes) is 7. The van der Waals surface area contributed by atoms with Gasteiger partial charge in [0.2, 0.25) is 0 Å². The largest absolute Gasteiger partial charge is 0.481 e. The van der Waals surface area contributed by atoms with E-state index in [0.717, 1.165) is 96.2 Å². The van der Waals surface area contributed by atoms with Gasteiger partial charge in [-0.1, -0.05) is 68.6 Å². The van der Waals surface area contributed by atoms with Crippen molar-refractivity contribution in [1.82, 2.24) is 19.2 Å². The number of aromatic nitrogens is 2. The predicted molar refractivity (Wildman–Crippen MR) is 176 cm³/mol. The number of fused-ring (bicyclic) bond motifs is 1. The maximum atomic E-state index is 13.6. The molecule has 0 bridgehead atoms. The van der Waals surface area contributed by atoms with Gasteiger partial charge in [0.15, 0.2) is 0 Å². The third-order valence-electron chi connectivity index (χ3n) is 7.80. The number of thiocarbonyl (C=S) groups is 1. The lowest BCUT2D eigenvalue weighted by molar-refractivity contribution is -0.137. The van der Waals surface area contributed by atoms with Crippen molar-refractivity contribution in [3.05, 3.63) is 44.7 Å². The molecule has 2 saturated heterocycles. The van der Waals surface area contributed by atoms with Crippen molar-refractivity contribution in [3.8, 4) is 0 Å². The first-order chi connectivity index (χ1) is 20.8. The summed E-state index contributed by atoms with van der Waals surface area (Å²) in [5, 5.41) is 12.1. The molecular weight excluding hydrogens is 587 g/mol. The first-order valence-corrected chi connectivity index (χ1v) is 16.6. The zero-order chi connectivity index (χ0) is 30.6. The van der Waals surface area contributed by atoms with Crippen molar-refractivity contribution < 1.29 is 19.4 Å². The van der Waals surface area contributed by atoms with E-state index < -0.39 is 5.97 Å². The number of hydrogen-bond donors (Lipinski definition) is 2. The lowest BCUT2D eigenvalue weighted by Gasteiger charge is -2.26. The fourth-order valence-electron chi connectivity index (χ4n) is 5.34. The number of carbonyl (C=O) groups excluding carboxylic acids is 1. The predicted octanol–water partition coefficient (Wildman–Crippen LogP) is 4.93. The van der Waals surface area contributed by atoms with Gasteiger partial charge in [0.05, 0.1) is 23.7 Å². The molecule has 4 rings (SSSR count). The minimum atomic E-state index is -0.728. The lowest BCUT2D eigenvalue weighted by atomic mass is 10.1. The third kappa shape index (κ3) is 9.59. The summed E-state index contributed by atoms with van der Waals surface area (Å²) in [6.45, 7) is 7.44. The minimum absolute atomic E-state index is 0.166. The van der Waals surface area contributed by atoms with Crippen LogP contribution in [0, 0.1) is 6.92 Å². The number of aryl methyl sites for hydroxylation is 1. The second kappa shape index (κ2) is 16.9. The SMILES string of the molecule is Cc1cccn2c(=O)c(C=C3SC(=S)N(CCCCCCCCCCC(=O)O)C3=O)c(NCCCN3CCOCC3)nc12. The van der Waals surface area contributed by atoms with E-state index in [-0.39, 0.29) is 17.9 Å². The molecule has 0 radical (unpaired) electrons. The van der Waals surface area contributed by atoms with Gasteiger partial charge in [0, 0.05) is 38.8 Å². The highest BCUT2D eigenvalue weighted by atomic mass is 32.2. The minimum Gasteiger partial charge on any atom is -0.481 e. The Hall–Kier alpha value is -2.80. The van der Waals surface area contributed by atoms with Gasteiger partial charge < -0.3 is 15.2 Å². The topological polar surface area (TPSA) is 116 Å². The van der Waals surface area contributed by atoms with Gasteiger partial charge in [-0.05, 0) is 50.4 Å². The molecule has 2 N–H and O–H groups in total. The second-order valence-corrected chi connectivity index (χ2v) is 12.8. The van der Waals surface area contributed by atoms with Crippen molar-refractivity contribution in [2.45, 2.75) is 71.1 Å². The molecule has 2 aromatic rings. The second-order valence-electron chi connectivity index (χ2n) is 11.1. The number of amides is 1. The average molecular weight is 630 g/mol. The monoisotopic (exact) mass is 629 g/mol. The molecule has 0 unspecified atom stereocenters. The van der Waals surface area contributed by atoms with E-state index in [9.17, 15) is 14.4 Å². The molecule has 2 fully saturated rings.